The third kappa shape index (κ3) is 4.06. The van der Waals surface area contributed by atoms with Gasteiger partial charge in [-0.3, -0.25) is 4.79 Å². The molecule has 0 atom stereocenters. The maximum absolute atomic E-state index is 12.0. The molecule has 0 amide bonds. The molecule has 0 bridgehead atoms. The van der Waals surface area contributed by atoms with Gasteiger partial charge in [-0.1, -0.05) is 36.8 Å². The quantitative estimate of drug-likeness (QED) is 0.829. The van der Waals surface area contributed by atoms with Crippen LogP contribution in [0.2, 0.25) is 0 Å². The first-order valence-electron chi connectivity index (χ1n) is 7.20. The van der Waals surface area contributed by atoms with E-state index >= 15 is 0 Å². The number of aryl methyl sites for hydroxylation is 1. The second-order valence-electron chi connectivity index (χ2n) is 5.41. The van der Waals surface area contributed by atoms with Crippen molar-refractivity contribution < 1.29 is 9.53 Å². The molecule has 3 nitrogen and oxygen atoms in total. The van der Waals surface area contributed by atoms with Gasteiger partial charge in [-0.2, -0.15) is 0 Å². The van der Waals surface area contributed by atoms with Crippen molar-refractivity contribution in [2.24, 2.45) is 5.73 Å². The first-order chi connectivity index (χ1) is 9.24. The van der Waals surface area contributed by atoms with E-state index in [1.54, 1.807) is 0 Å². The summed E-state index contributed by atoms with van der Waals surface area (Å²) in [5, 5.41) is 0. The largest absolute Gasteiger partial charge is 0.458 e. The fraction of sp³-hybridized carbons (Fsp3) is 0.562. The molecular formula is C16H23NO2. The zero-order valence-corrected chi connectivity index (χ0v) is 11.4. The van der Waals surface area contributed by atoms with Crippen molar-refractivity contribution in [2.75, 3.05) is 6.54 Å². The topological polar surface area (TPSA) is 52.3 Å². The van der Waals surface area contributed by atoms with E-state index in [1.165, 1.54) is 12.0 Å². The summed E-state index contributed by atoms with van der Waals surface area (Å²) >= 11 is 0. The van der Waals surface area contributed by atoms with Gasteiger partial charge in [-0.15, -0.1) is 0 Å². The van der Waals surface area contributed by atoms with E-state index in [0.717, 1.165) is 32.1 Å². The molecule has 0 unspecified atom stereocenters. The first kappa shape index (κ1) is 14.1. The molecule has 2 N–H and O–H groups in total. The van der Waals surface area contributed by atoms with Crippen molar-refractivity contribution in [1.82, 2.24) is 0 Å². The Balaban J connectivity index is 1.83. The lowest BCUT2D eigenvalue weighted by atomic mass is 9.84. The summed E-state index contributed by atoms with van der Waals surface area (Å²) in [5.41, 5.74) is 6.60. The highest BCUT2D eigenvalue weighted by Gasteiger charge is 2.34. The number of carbonyl (C=O) groups is 1. The second-order valence-corrected chi connectivity index (χ2v) is 5.41. The Morgan fingerprint density at radius 1 is 1.16 bits per heavy atom. The molecule has 0 heterocycles. The van der Waals surface area contributed by atoms with Crippen LogP contribution in [0.25, 0.3) is 0 Å². The average Bonchev–Trinajstić information content (AvgIpc) is 2.47. The van der Waals surface area contributed by atoms with Gasteiger partial charge in [0, 0.05) is 13.0 Å². The minimum Gasteiger partial charge on any atom is -0.458 e. The minimum atomic E-state index is -0.383. The van der Waals surface area contributed by atoms with Crippen LogP contribution in [0.4, 0.5) is 0 Å². The maximum Gasteiger partial charge on any atom is 0.306 e. The van der Waals surface area contributed by atoms with E-state index in [-0.39, 0.29) is 11.6 Å². The molecule has 2 rings (SSSR count). The van der Waals surface area contributed by atoms with E-state index < -0.39 is 0 Å². The Morgan fingerprint density at radius 2 is 1.84 bits per heavy atom. The molecule has 1 aliphatic rings. The van der Waals surface area contributed by atoms with Crippen molar-refractivity contribution in [1.29, 1.82) is 0 Å². The lowest BCUT2D eigenvalue weighted by molar-refractivity contribution is -0.162. The predicted octanol–water partition coefficient (Wildman–Crippen LogP) is 2.82. The highest BCUT2D eigenvalue weighted by molar-refractivity contribution is 5.70. The van der Waals surface area contributed by atoms with Crippen LogP contribution >= 0.6 is 0 Å². The molecule has 1 aromatic rings. The standard InChI is InChI=1S/C16H23NO2/c17-13-16(11-5-2-6-12-16)19-15(18)10-9-14-7-3-1-4-8-14/h1,3-4,7-8H,2,5-6,9-13,17H2. The van der Waals surface area contributed by atoms with Crippen LogP contribution in [0.15, 0.2) is 30.3 Å². The Labute approximate surface area is 115 Å². The third-order valence-corrected chi connectivity index (χ3v) is 3.93. The second kappa shape index (κ2) is 6.71. The Hall–Kier alpha value is -1.35. The summed E-state index contributed by atoms with van der Waals surface area (Å²) in [4.78, 5) is 12.0. The van der Waals surface area contributed by atoms with Gasteiger partial charge in [0.05, 0.1) is 0 Å². The average molecular weight is 261 g/mol. The number of carbonyl (C=O) groups excluding carboxylic acids is 1. The lowest BCUT2D eigenvalue weighted by Crippen LogP contribution is -2.44. The molecule has 1 aromatic carbocycles. The summed E-state index contributed by atoms with van der Waals surface area (Å²) in [6.45, 7) is 0.448. The number of ether oxygens (including phenoxy) is 1. The molecule has 0 saturated heterocycles. The van der Waals surface area contributed by atoms with Crippen molar-refractivity contribution in [3.05, 3.63) is 35.9 Å². The fourth-order valence-corrected chi connectivity index (χ4v) is 2.73. The van der Waals surface area contributed by atoms with Crippen LogP contribution in [0.3, 0.4) is 0 Å². The molecule has 3 heteroatoms. The van der Waals surface area contributed by atoms with Crippen LogP contribution < -0.4 is 5.73 Å². The van der Waals surface area contributed by atoms with Crippen LogP contribution in [-0.4, -0.2) is 18.1 Å². The van der Waals surface area contributed by atoms with Crippen molar-refractivity contribution in [2.45, 2.75) is 50.5 Å². The molecule has 104 valence electrons. The SMILES string of the molecule is NCC1(OC(=O)CCc2ccccc2)CCCCC1. The van der Waals surface area contributed by atoms with E-state index in [0.29, 0.717) is 13.0 Å². The summed E-state index contributed by atoms with van der Waals surface area (Å²) in [7, 11) is 0. The number of hydrogen-bond acceptors (Lipinski definition) is 3. The summed E-state index contributed by atoms with van der Waals surface area (Å²) in [5.74, 6) is -0.115. The van der Waals surface area contributed by atoms with Crippen LogP contribution in [0.1, 0.15) is 44.1 Å². The summed E-state index contributed by atoms with van der Waals surface area (Å²) < 4.78 is 5.69. The molecule has 0 radical (unpaired) electrons. The van der Waals surface area contributed by atoms with Gasteiger partial charge in [0.1, 0.15) is 5.60 Å². The number of rotatable bonds is 5. The lowest BCUT2D eigenvalue weighted by Gasteiger charge is -2.35. The molecule has 0 aromatic heterocycles. The van der Waals surface area contributed by atoms with E-state index in [1.807, 2.05) is 30.3 Å². The summed E-state index contributed by atoms with van der Waals surface area (Å²) in [6, 6.07) is 10.0. The first-order valence-corrected chi connectivity index (χ1v) is 7.20. The van der Waals surface area contributed by atoms with Gasteiger partial charge in [0.25, 0.3) is 0 Å². The molecule has 1 saturated carbocycles. The molecule has 19 heavy (non-hydrogen) atoms. The van der Waals surface area contributed by atoms with Crippen LogP contribution in [0, 0.1) is 0 Å². The smallest absolute Gasteiger partial charge is 0.306 e. The van der Waals surface area contributed by atoms with Crippen LogP contribution in [-0.2, 0) is 16.0 Å². The van der Waals surface area contributed by atoms with Gasteiger partial charge in [0.2, 0.25) is 0 Å². The third-order valence-electron chi connectivity index (χ3n) is 3.93. The molecular weight excluding hydrogens is 238 g/mol. The molecule has 1 fully saturated rings. The van der Waals surface area contributed by atoms with Crippen molar-refractivity contribution >= 4 is 5.97 Å². The Kier molecular flexibility index (Phi) is 4.97. The number of benzene rings is 1. The van der Waals surface area contributed by atoms with Crippen molar-refractivity contribution in [3.8, 4) is 0 Å². The zero-order valence-electron chi connectivity index (χ0n) is 11.4. The minimum absolute atomic E-state index is 0.115. The number of esters is 1. The maximum atomic E-state index is 12.0. The predicted molar refractivity (Wildman–Crippen MR) is 75.7 cm³/mol. The fourth-order valence-electron chi connectivity index (χ4n) is 2.73. The van der Waals surface area contributed by atoms with E-state index in [9.17, 15) is 4.79 Å². The monoisotopic (exact) mass is 261 g/mol. The zero-order chi connectivity index (χ0) is 13.6. The summed E-state index contributed by atoms with van der Waals surface area (Å²) in [6.07, 6.45) is 6.46. The van der Waals surface area contributed by atoms with Crippen LogP contribution in [0.5, 0.6) is 0 Å². The molecule has 1 aliphatic carbocycles. The van der Waals surface area contributed by atoms with Gasteiger partial charge < -0.3 is 10.5 Å². The van der Waals surface area contributed by atoms with Gasteiger partial charge in [0.15, 0.2) is 0 Å². The highest BCUT2D eigenvalue weighted by atomic mass is 16.6. The van der Waals surface area contributed by atoms with Gasteiger partial charge in [-0.25, -0.2) is 0 Å². The van der Waals surface area contributed by atoms with E-state index in [2.05, 4.69) is 0 Å². The molecule has 0 spiro atoms. The Morgan fingerprint density at radius 3 is 2.47 bits per heavy atom. The normalized spacial score (nSPS) is 17.9. The Bertz CT molecular complexity index is 396. The number of hydrogen-bond donors (Lipinski definition) is 1. The van der Waals surface area contributed by atoms with Gasteiger partial charge in [-0.05, 0) is 37.7 Å². The highest BCUT2D eigenvalue weighted by Crippen LogP contribution is 2.31. The molecule has 0 aliphatic heterocycles. The van der Waals surface area contributed by atoms with Gasteiger partial charge >= 0.3 is 5.97 Å². The number of nitrogens with two attached hydrogens (primary N) is 1. The van der Waals surface area contributed by atoms with E-state index in [4.69, 9.17) is 10.5 Å². The van der Waals surface area contributed by atoms with Crippen molar-refractivity contribution in [3.63, 3.8) is 0 Å².